The normalized spacial score (nSPS) is 12.0. The molecule has 0 aliphatic carbocycles. The molecule has 0 saturated heterocycles. The van der Waals surface area contributed by atoms with E-state index >= 15 is 0 Å². The van der Waals surface area contributed by atoms with Crippen molar-refractivity contribution in [2.45, 2.75) is 12.5 Å². The molecule has 4 nitrogen and oxygen atoms in total. The Hall–Kier alpha value is -2.34. The largest absolute Gasteiger partial charge is 0.394 e. The number of hydrogen-bond donors (Lipinski definition) is 2. The van der Waals surface area contributed by atoms with Crippen molar-refractivity contribution in [3.05, 3.63) is 97.9 Å². The summed E-state index contributed by atoms with van der Waals surface area (Å²) in [6, 6.07) is 19.2. The number of benzene rings is 3. The third-order valence-electron chi connectivity index (χ3n) is 5.20. The summed E-state index contributed by atoms with van der Waals surface area (Å²) >= 11 is 24.9. The molecule has 168 valence electrons. The Labute approximate surface area is 211 Å². The highest BCUT2D eigenvalue weighted by Gasteiger charge is 2.19. The molecule has 0 aliphatic heterocycles. The van der Waals surface area contributed by atoms with Gasteiger partial charge in [0.25, 0.3) is 5.91 Å². The van der Waals surface area contributed by atoms with Gasteiger partial charge in [-0.25, -0.2) is 4.98 Å². The average Bonchev–Trinajstić information content (AvgIpc) is 2.78. The molecule has 0 radical (unpaired) electrons. The van der Waals surface area contributed by atoms with Gasteiger partial charge in [-0.3, -0.25) is 4.79 Å². The molecular weight excluding hydrogens is 502 g/mol. The van der Waals surface area contributed by atoms with E-state index in [1.165, 1.54) is 0 Å². The predicted octanol–water partition coefficient (Wildman–Crippen LogP) is 6.85. The summed E-state index contributed by atoms with van der Waals surface area (Å²) in [5.41, 5.74) is 3.26. The molecule has 0 saturated carbocycles. The lowest BCUT2D eigenvalue weighted by Crippen LogP contribution is -2.39. The van der Waals surface area contributed by atoms with Crippen LogP contribution in [0.2, 0.25) is 20.1 Å². The highest BCUT2D eigenvalue weighted by atomic mass is 35.5. The number of nitrogens with one attached hydrogen (secondary N) is 1. The third-order valence-corrected chi connectivity index (χ3v) is 6.46. The smallest absolute Gasteiger partial charge is 0.254 e. The van der Waals surface area contributed by atoms with Gasteiger partial charge in [-0.15, -0.1) is 0 Å². The van der Waals surface area contributed by atoms with E-state index in [4.69, 9.17) is 51.4 Å². The van der Waals surface area contributed by atoms with Crippen LogP contribution in [-0.4, -0.2) is 28.6 Å². The van der Waals surface area contributed by atoms with Crippen LogP contribution < -0.4 is 5.32 Å². The first-order chi connectivity index (χ1) is 15.9. The fraction of sp³-hybridized carbons (Fsp3) is 0.120. The van der Waals surface area contributed by atoms with Gasteiger partial charge in [0, 0.05) is 10.9 Å². The molecule has 1 atom stereocenters. The quantitative estimate of drug-likeness (QED) is 0.293. The molecule has 33 heavy (non-hydrogen) atoms. The number of aromatic nitrogens is 1. The highest BCUT2D eigenvalue weighted by molar-refractivity contribution is 6.40. The molecule has 2 N–H and O–H groups in total. The maximum atomic E-state index is 12.7. The van der Waals surface area contributed by atoms with Crippen LogP contribution in [0, 0.1) is 0 Å². The lowest BCUT2D eigenvalue weighted by atomic mass is 10.0. The van der Waals surface area contributed by atoms with Gasteiger partial charge in [0.1, 0.15) is 0 Å². The zero-order valence-electron chi connectivity index (χ0n) is 17.2. The molecule has 0 spiro atoms. The standard InChI is InChI=1S/C25H18Cl4N2O2/c26-17-3-1-4-18(27)23(17)22-10-8-15-11-14(7-9-21(15)31-22)12-16(13-32)30-25(33)24-19(28)5-2-6-20(24)29/h1-11,16,32H,12-13H2,(H,30,33)/t16-/m1/s1. The zero-order valence-corrected chi connectivity index (χ0v) is 20.2. The Kier molecular flexibility index (Phi) is 7.42. The minimum atomic E-state index is -0.517. The van der Waals surface area contributed by atoms with E-state index < -0.39 is 11.9 Å². The van der Waals surface area contributed by atoms with Crippen LogP contribution in [0.15, 0.2) is 66.7 Å². The summed E-state index contributed by atoms with van der Waals surface area (Å²) < 4.78 is 0. The van der Waals surface area contributed by atoms with Gasteiger partial charge in [0.2, 0.25) is 0 Å². The predicted molar refractivity (Wildman–Crippen MR) is 136 cm³/mol. The fourth-order valence-corrected chi connectivity index (χ4v) is 4.76. The summed E-state index contributed by atoms with van der Waals surface area (Å²) in [5, 5.41) is 15.1. The number of rotatable bonds is 6. The van der Waals surface area contributed by atoms with Crippen LogP contribution >= 0.6 is 46.4 Å². The number of aliphatic hydroxyl groups is 1. The Morgan fingerprint density at radius 3 is 2.15 bits per heavy atom. The fourth-order valence-electron chi connectivity index (χ4n) is 3.60. The van der Waals surface area contributed by atoms with Gasteiger partial charge in [0.05, 0.1) is 49.5 Å². The van der Waals surface area contributed by atoms with Crippen LogP contribution in [-0.2, 0) is 6.42 Å². The second kappa shape index (κ2) is 10.3. The van der Waals surface area contributed by atoms with Crippen molar-refractivity contribution in [2.75, 3.05) is 6.61 Å². The second-order valence-corrected chi connectivity index (χ2v) is 9.10. The first-order valence-electron chi connectivity index (χ1n) is 10.1. The number of nitrogens with zero attached hydrogens (tertiary/aromatic N) is 1. The lowest BCUT2D eigenvalue weighted by molar-refractivity contribution is 0.0917. The highest BCUT2D eigenvalue weighted by Crippen LogP contribution is 2.34. The Balaban J connectivity index is 1.55. The molecule has 1 heterocycles. The van der Waals surface area contributed by atoms with Crippen LogP contribution in [0.5, 0.6) is 0 Å². The lowest BCUT2D eigenvalue weighted by Gasteiger charge is -2.18. The van der Waals surface area contributed by atoms with E-state index in [1.54, 1.807) is 36.4 Å². The number of halogens is 4. The molecule has 3 aromatic carbocycles. The molecule has 4 rings (SSSR count). The maximum Gasteiger partial charge on any atom is 0.254 e. The van der Waals surface area contributed by atoms with Crippen LogP contribution in [0.25, 0.3) is 22.2 Å². The average molecular weight is 520 g/mol. The second-order valence-electron chi connectivity index (χ2n) is 7.47. The van der Waals surface area contributed by atoms with E-state index in [1.807, 2.05) is 30.3 Å². The summed E-state index contributed by atoms with van der Waals surface area (Å²) in [4.78, 5) is 17.4. The Bertz CT molecular complexity index is 1300. The minimum absolute atomic E-state index is 0.188. The van der Waals surface area contributed by atoms with E-state index in [9.17, 15) is 9.90 Å². The van der Waals surface area contributed by atoms with Gasteiger partial charge in [-0.2, -0.15) is 0 Å². The monoisotopic (exact) mass is 518 g/mol. The van der Waals surface area contributed by atoms with Gasteiger partial charge in [-0.05, 0) is 54.4 Å². The van der Waals surface area contributed by atoms with Crippen molar-refractivity contribution in [3.8, 4) is 11.3 Å². The van der Waals surface area contributed by atoms with Crippen molar-refractivity contribution >= 4 is 63.2 Å². The van der Waals surface area contributed by atoms with E-state index in [-0.39, 0.29) is 22.2 Å². The summed E-state index contributed by atoms with van der Waals surface area (Å²) in [6.45, 7) is -0.242. The molecule has 0 aliphatic rings. The molecule has 0 bridgehead atoms. The van der Waals surface area contributed by atoms with Crippen LogP contribution in [0.4, 0.5) is 0 Å². The van der Waals surface area contributed by atoms with Crippen molar-refractivity contribution in [3.63, 3.8) is 0 Å². The number of pyridine rings is 1. The molecule has 1 aromatic heterocycles. The van der Waals surface area contributed by atoms with Crippen molar-refractivity contribution < 1.29 is 9.90 Å². The number of hydrogen-bond acceptors (Lipinski definition) is 3. The molecule has 0 fully saturated rings. The summed E-state index contributed by atoms with van der Waals surface area (Å²) in [6.07, 6.45) is 0.415. The minimum Gasteiger partial charge on any atom is -0.394 e. The zero-order chi connectivity index (χ0) is 23.5. The van der Waals surface area contributed by atoms with E-state index in [0.717, 1.165) is 16.5 Å². The van der Waals surface area contributed by atoms with Crippen molar-refractivity contribution in [1.29, 1.82) is 0 Å². The first-order valence-corrected chi connectivity index (χ1v) is 11.6. The van der Waals surface area contributed by atoms with Gasteiger partial charge < -0.3 is 10.4 Å². The molecule has 8 heteroatoms. The Morgan fingerprint density at radius 1 is 0.879 bits per heavy atom. The van der Waals surface area contributed by atoms with Crippen LogP contribution in [0.1, 0.15) is 15.9 Å². The first kappa shape index (κ1) is 23.8. The SMILES string of the molecule is O=C(N[C@@H](CO)Cc1ccc2nc(-c3c(Cl)cccc3Cl)ccc2c1)c1c(Cl)cccc1Cl. The molecule has 0 unspecified atom stereocenters. The van der Waals surface area contributed by atoms with Crippen molar-refractivity contribution in [1.82, 2.24) is 10.3 Å². The number of aliphatic hydroxyl groups excluding tert-OH is 1. The number of amides is 1. The summed E-state index contributed by atoms with van der Waals surface area (Å²) in [7, 11) is 0. The molecular formula is C25H18Cl4N2O2. The molecule has 4 aromatic rings. The number of carbonyl (C=O) groups is 1. The van der Waals surface area contributed by atoms with E-state index in [0.29, 0.717) is 27.7 Å². The topological polar surface area (TPSA) is 62.2 Å². The van der Waals surface area contributed by atoms with Crippen molar-refractivity contribution in [2.24, 2.45) is 0 Å². The van der Waals surface area contributed by atoms with Gasteiger partial charge >= 0.3 is 0 Å². The van der Waals surface area contributed by atoms with Gasteiger partial charge in [-0.1, -0.05) is 70.7 Å². The maximum absolute atomic E-state index is 12.7. The van der Waals surface area contributed by atoms with E-state index in [2.05, 4.69) is 5.32 Å². The number of carbonyl (C=O) groups excluding carboxylic acids is 1. The summed E-state index contributed by atoms with van der Waals surface area (Å²) in [5.74, 6) is -0.437. The molecule has 1 amide bonds. The third kappa shape index (κ3) is 5.26. The number of fused-ring (bicyclic) bond motifs is 1. The van der Waals surface area contributed by atoms with Crippen LogP contribution in [0.3, 0.4) is 0 Å². The van der Waals surface area contributed by atoms with Gasteiger partial charge in [0.15, 0.2) is 0 Å². The Morgan fingerprint density at radius 2 is 1.52 bits per heavy atom.